The van der Waals surface area contributed by atoms with E-state index in [0.29, 0.717) is 76.2 Å². The molecule has 0 aromatic heterocycles. The van der Waals surface area contributed by atoms with E-state index >= 15 is 0 Å². The van der Waals surface area contributed by atoms with Crippen molar-refractivity contribution in [1.29, 1.82) is 0 Å². The van der Waals surface area contributed by atoms with Crippen LogP contribution in [0.3, 0.4) is 0 Å². The Morgan fingerprint density at radius 3 is 1.07 bits per heavy atom. The maximum Gasteiger partial charge on any atom is 0.647 e. The molecule has 0 saturated carbocycles. The molecule has 0 amide bonds. The molecular weight excluding hydrogens is 575 g/mol. The summed E-state index contributed by atoms with van der Waals surface area (Å²) in [5, 5.41) is 0. The molecule has 0 bridgehead atoms. The van der Waals surface area contributed by atoms with Crippen molar-refractivity contribution in [3.63, 3.8) is 0 Å². The number of hydrogen-bond acceptors (Lipinski definition) is 7. The van der Waals surface area contributed by atoms with E-state index in [1.807, 2.05) is 75.4 Å². The van der Waals surface area contributed by atoms with Crippen LogP contribution in [0, 0.1) is 0 Å². The molecule has 3 aromatic carbocycles. The molecule has 0 N–H and O–H groups in total. The molecule has 0 unspecified atom stereocenters. The Labute approximate surface area is 262 Å². The van der Waals surface area contributed by atoms with Crippen LogP contribution in [0.1, 0.15) is 37.5 Å². The third kappa shape index (κ3) is 12.6. The number of hydrogen-bond donors (Lipinski definition) is 0. The Hall–Kier alpha value is -3.61. The van der Waals surface area contributed by atoms with Crippen LogP contribution in [0.15, 0.2) is 109 Å². The zero-order chi connectivity index (χ0) is 31.8. The van der Waals surface area contributed by atoms with E-state index in [0.717, 1.165) is 33.4 Å². The number of phosphoric ester groups is 1. The monoisotopic (exact) mass is 620 g/mol. The number of para-hydroxylation sites is 3. The SMILES string of the molecule is C=C(C)COCCc1ccccc1OP(=O)(Oc1ccccc1CCOCC(=C)C)Oc1ccccc1CCOCC(=C)C. The summed E-state index contributed by atoms with van der Waals surface area (Å²) >= 11 is 0. The molecule has 8 heteroatoms. The third-order valence-corrected chi connectivity index (χ3v) is 7.40. The van der Waals surface area contributed by atoms with Crippen LogP contribution in [-0.4, -0.2) is 39.6 Å². The molecule has 0 aliphatic carbocycles. The summed E-state index contributed by atoms with van der Waals surface area (Å²) < 4.78 is 50.4. The molecule has 0 spiro atoms. The van der Waals surface area contributed by atoms with Gasteiger partial charge in [0, 0.05) is 0 Å². The second kappa shape index (κ2) is 18.3. The van der Waals surface area contributed by atoms with Gasteiger partial charge in [-0.1, -0.05) is 91.1 Å². The van der Waals surface area contributed by atoms with Crippen molar-refractivity contribution in [3.8, 4) is 17.2 Å². The van der Waals surface area contributed by atoms with E-state index in [2.05, 4.69) is 19.7 Å². The number of ether oxygens (including phenoxy) is 3. The predicted octanol–water partition coefficient (Wildman–Crippen LogP) is 8.74. The number of benzene rings is 3. The Morgan fingerprint density at radius 1 is 0.523 bits per heavy atom. The lowest BCUT2D eigenvalue weighted by Gasteiger charge is -2.23. The van der Waals surface area contributed by atoms with E-state index in [9.17, 15) is 4.57 Å². The van der Waals surface area contributed by atoms with Gasteiger partial charge >= 0.3 is 7.82 Å². The summed E-state index contributed by atoms with van der Waals surface area (Å²) in [7, 11) is -4.29. The van der Waals surface area contributed by atoms with Gasteiger partial charge in [0.05, 0.1) is 39.6 Å². The van der Waals surface area contributed by atoms with Crippen LogP contribution in [0.5, 0.6) is 17.2 Å². The maximum absolute atomic E-state index is 14.6. The summed E-state index contributed by atoms with van der Waals surface area (Å²) in [5.74, 6) is 1.16. The number of phosphoric acid groups is 1. The van der Waals surface area contributed by atoms with Crippen LogP contribution in [-0.2, 0) is 38.0 Å². The summed E-state index contributed by atoms with van der Waals surface area (Å²) in [5.41, 5.74) is 5.24. The zero-order valence-corrected chi connectivity index (χ0v) is 27.1. The first-order valence-corrected chi connectivity index (χ1v) is 16.2. The average molecular weight is 621 g/mol. The van der Waals surface area contributed by atoms with Gasteiger partial charge in [-0.2, -0.15) is 4.57 Å². The average Bonchev–Trinajstić information content (AvgIpc) is 2.97. The van der Waals surface area contributed by atoms with Gasteiger partial charge in [-0.3, -0.25) is 0 Å². The summed E-state index contributed by atoms with van der Waals surface area (Å²) in [4.78, 5) is 0. The minimum absolute atomic E-state index is 0.388. The summed E-state index contributed by atoms with van der Waals surface area (Å²) in [6, 6.07) is 22.1. The van der Waals surface area contributed by atoms with Crippen molar-refractivity contribution in [1.82, 2.24) is 0 Å². The highest BCUT2D eigenvalue weighted by Gasteiger charge is 2.35. The van der Waals surface area contributed by atoms with Gasteiger partial charge in [0.15, 0.2) is 0 Å². The molecule has 0 aliphatic heterocycles. The fourth-order valence-electron chi connectivity index (χ4n) is 4.10. The highest BCUT2D eigenvalue weighted by atomic mass is 31.2. The van der Waals surface area contributed by atoms with Gasteiger partial charge < -0.3 is 27.8 Å². The fraction of sp³-hybridized carbons (Fsp3) is 0.333. The lowest BCUT2D eigenvalue weighted by molar-refractivity contribution is 0.158. The summed E-state index contributed by atoms with van der Waals surface area (Å²) in [6.45, 7) is 20.1. The topological polar surface area (TPSA) is 72.5 Å². The quantitative estimate of drug-likeness (QED) is 0.0670. The van der Waals surface area contributed by atoms with Crippen molar-refractivity contribution < 1.29 is 32.3 Å². The van der Waals surface area contributed by atoms with Gasteiger partial charge in [0.2, 0.25) is 0 Å². The van der Waals surface area contributed by atoms with E-state index < -0.39 is 7.82 Å². The standard InChI is InChI=1S/C36H45O7P/c1-28(2)25-38-22-19-31-13-7-10-16-34(31)41-44(37,42-35-17-11-8-14-32(35)20-23-39-26-29(3)4)43-36-18-12-9-15-33(36)21-24-40-27-30(5)6/h7-18H,1,3,5,19-27H2,2,4,6H3. The van der Waals surface area contributed by atoms with Crippen molar-refractivity contribution in [3.05, 3.63) is 126 Å². The van der Waals surface area contributed by atoms with Crippen LogP contribution < -0.4 is 13.6 Å². The first kappa shape index (κ1) is 34.9. The van der Waals surface area contributed by atoms with Crippen LogP contribution in [0.2, 0.25) is 0 Å². The predicted molar refractivity (Wildman–Crippen MR) is 177 cm³/mol. The molecule has 44 heavy (non-hydrogen) atoms. The first-order chi connectivity index (χ1) is 21.1. The molecule has 3 rings (SSSR count). The van der Waals surface area contributed by atoms with Crippen LogP contribution in [0.4, 0.5) is 0 Å². The molecule has 0 radical (unpaired) electrons. The zero-order valence-electron chi connectivity index (χ0n) is 26.2. The molecule has 0 atom stereocenters. The van der Waals surface area contributed by atoms with Crippen molar-refractivity contribution in [2.24, 2.45) is 0 Å². The van der Waals surface area contributed by atoms with Crippen LogP contribution in [0.25, 0.3) is 0 Å². The lowest BCUT2D eigenvalue weighted by atomic mass is 10.1. The molecule has 3 aromatic rings. The molecule has 0 aliphatic rings. The maximum atomic E-state index is 14.6. The van der Waals surface area contributed by atoms with Gasteiger partial charge in [-0.05, 0) is 74.9 Å². The van der Waals surface area contributed by atoms with E-state index in [1.54, 1.807) is 18.2 Å². The molecule has 0 saturated heterocycles. The largest absolute Gasteiger partial charge is 0.647 e. The fourth-order valence-corrected chi connectivity index (χ4v) is 5.47. The minimum atomic E-state index is -4.29. The Bertz CT molecular complexity index is 1260. The molecule has 236 valence electrons. The van der Waals surface area contributed by atoms with Gasteiger partial charge in [0.1, 0.15) is 17.2 Å². The Kier molecular flexibility index (Phi) is 14.5. The van der Waals surface area contributed by atoms with E-state index in [-0.39, 0.29) is 0 Å². The summed E-state index contributed by atoms with van der Waals surface area (Å²) in [6.07, 6.45) is 1.62. The Balaban J connectivity index is 1.89. The third-order valence-electron chi connectivity index (χ3n) is 6.14. The molecule has 0 fully saturated rings. The van der Waals surface area contributed by atoms with Gasteiger partial charge in [0.25, 0.3) is 0 Å². The second-order valence-electron chi connectivity index (χ2n) is 10.8. The smallest absolute Gasteiger partial charge is 0.386 e. The number of rotatable bonds is 21. The minimum Gasteiger partial charge on any atom is -0.386 e. The second-order valence-corrected chi connectivity index (χ2v) is 12.3. The lowest BCUT2D eigenvalue weighted by Crippen LogP contribution is -2.12. The highest BCUT2D eigenvalue weighted by molar-refractivity contribution is 7.49. The molecule has 0 heterocycles. The van der Waals surface area contributed by atoms with Crippen LogP contribution >= 0.6 is 7.82 Å². The Morgan fingerprint density at radius 2 is 0.795 bits per heavy atom. The first-order valence-electron chi connectivity index (χ1n) is 14.7. The molecule has 7 nitrogen and oxygen atoms in total. The van der Waals surface area contributed by atoms with Crippen molar-refractivity contribution >= 4 is 7.82 Å². The van der Waals surface area contributed by atoms with Crippen molar-refractivity contribution in [2.45, 2.75) is 40.0 Å². The van der Waals surface area contributed by atoms with E-state index in [1.165, 1.54) is 0 Å². The van der Waals surface area contributed by atoms with Gasteiger partial charge in [-0.25, -0.2) is 0 Å². The van der Waals surface area contributed by atoms with Gasteiger partial charge in [-0.15, -0.1) is 0 Å². The van der Waals surface area contributed by atoms with E-state index in [4.69, 9.17) is 27.8 Å². The molecular formula is C36H45O7P. The van der Waals surface area contributed by atoms with Crippen molar-refractivity contribution in [2.75, 3.05) is 39.6 Å². The normalized spacial score (nSPS) is 11.2. The highest BCUT2D eigenvalue weighted by Crippen LogP contribution is 2.51.